The summed E-state index contributed by atoms with van der Waals surface area (Å²) in [4.78, 5) is 28.7. The molecule has 0 spiro atoms. The minimum absolute atomic E-state index is 0.0489. The molecule has 8 heteroatoms. The predicted molar refractivity (Wildman–Crippen MR) is 126 cm³/mol. The monoisotopic (exact) mass is 465 g/mol. The van der Waals surface area contributed by atoms with Gasteiger partial charge in [-0.2, -0.15) is 0 Å². The molecule has 6 nitrogen and oxygen atoms in total. The highest BCUT2D eigenvalue weighted by molar-refractivity contribution is 5.99. The number of rotatable bonds is 6. The largest absolute Gasteiger partial charge is 0.444 e. The molecule has 3 aromatic carbocycles. The minimum Gasteiger partial charge on any atom is -0.444 e. The Hall–Kier alpha value is -3.94. The molecule has 0 bridgehead atoms. The predicted octanol–water partition coefficient (Wildman–Crippen LogP) is 5.85. The fourth-order valence-electron chi connectivity index (χ4n) is 3.88. The number of carbonyl (C=O) groups is 2. The zero-order valence-corrected chi connectivity index (χ0v) is 18.8. The summed E-state index contributed by atoms with van der Waals surface area (Å²) in [6.45, 7) is 2.79. The lowest BCUT2D eigenvalue weighted by Crippen LogP contribution is -2.49. The Morgan fingerprint density at radius 1 is 1.03 bits per heavy atom. The minimum atomic E-state index is -0.640. The molecule has 0 atom stereocenters. The standard InChI is InChI=1S/C26H25F2N3O3/c1-18-8-11-24(23(14-18)29-25(32)34-17-19-6-3-2-4-7-19)31-13-5-12-30(26(31)33)16-20-15-21(27)9-10-22(20)28/h2-4,6-11,14-15H,5,12-13,16-17H2,1H3,(H,29,32). The van der Waals surface area contributed by atoms with Crippen LogP contribution in [-0.2, 0) is 17.9 Å². The van der Waals surface area contributed by atoms with Crippen molar-refractivity contribution in [3.05, 3.63) is 95.1 Å². The fourth-order valence-corrected chi connectivity index (χ4v) is 3.88. The van der Waals surface area contributed by atoms with Crippen molar-refractivity contribution in [2.45, 2.75) is 26.5 Å². The van der Waals surface area contributed by atoms with Gasteiger partial charge in [-0.05, 0) is 54.8 Å². The lowest BCUT2D eigenvalue weighted by atomic mass is 10.1. The Bertz CT molecular complexity index is 1190. The Morgan fingerprint density at radius 2 is 1.82 bits per heavy atom. The Morgan fingerprint density at radius 3 is 2.62 bits per heavy atom. The molecule has 176 valence electrons. The van der Waals surface area contributed by atoms with Crippen LogP contribution >= 0.6 is 0 Å². The van der Waals surface area contributed by atoms with Crippen molar-refractivity contribution in [3.63, 3.8) is 0 Å². The van der Waals surface area contributed by atoms with Gasteiger partial charge in [0.25, 0.3) is 0 Å². The van der Waals surface area contributed by atoms with Gasteiger partial charge >= 0.3 is 12.1 Å². The molecule has 1 aliphatic rings. The second-order valence-corrected chi connectivity index (χ2v) is 8.15. The lowest BCUT2D eigenvalue weighted by Gasteiger charge is -2.36. The van der Waals surface area contributed by atoms with E-state index in [0.717, 1.165) is 29.3 Å². The normalized spacial score (nSPS) is 13.7. The molecule has 0 unspecified atom stereocenters. The topological polar surface area (TPSA) is 61.9 Å². The number of aryl methyl sites for hydroxylation is 1. The van der Waals surface area contributed by atoms with Crippen molar-refractivity contribution >= 4 is 23.5 Å². The van der Waals surface area contributed by atoms with E-state index in [2.05, 4.69) is 5.32 Å². The van der Waals surface area contributed by atoms with Crippen LogP contribution in [-0.4, -0.2) is 30.1 Å². The maximum atomic E-state index is 14.1. The highest BCUT2D eigenvalue weighted by Gasteiger charge is 2.29. The van der Waals surface area contributed by atoms with Crippen LogP contribution in [0, 0.1) is 18.6 Å². The van der Waals surface area contributed by atoms with E-state index in [1.165, 1.54) is 9.80 Å². The molecule has 0 aromatic heterocycles. The summed E-state index contributed by atoms with van der Waals surface area (Å²) in [6, 6.07) is 17.5. The molecule has 1 aliphatic heterocycles. The number of urea groups is 1. The van der Waals surface area contributed by atoms with Gasteiger partial charge in [-0.1, -0.05) is 36.4 Å². The maximum Gasteiger partial charge on any atom is 0.412 e. The van der Waals surface area contributed by atoms with Crippen LogP contribution in [0.2, 0.25) is 0 Å². The van der Waals surface area contributed by atoms with E-state index in [-0.39, 0.29) is 24.7 Å². The molecule has 1 heterocycles. The summed E-state index contributed by atoms with van der Waals surface area (Å²) in [5.41, 5.74) is 2.81. The first-order valence-corrected chi connectivity index (χ1v) is 11.0. The van der Waals surface area contributed by atoms with Gasteiger partial charge in [0.1, 0.15) is 18.2 Å². The highest BCUT2D eigenvalue weighted by atomic mass is 19.1. The number of anilines is 2. The Labute approximate surface area is 196 Å². The van der Waals surface area contributed by atoms with Gasteiger partial charge in [-0.25, -0.2) is 18.4 Å². The second kappa shape index (κ2) is 10.3. The van der Waals surface area contributed by atoms with Crippen LogP contribution in [0.5, 0.6) is 0 Å². The van der Waals surface area contributed by atoms with E-state index in [1.54, 1.807) is 12.1 Å². The molecule has 1 saturated heterocycles. The van der Waals surface area contributed by atoms with E-state index in [4.69, 9.17) is 4.74 Å². The Kier molecular flexibility index (Phi) is 7.06. The van der Waals surface area contributed by atoms with Gasteiger partial charge in [0.2, 0.25) is 0 Å². The van der Waals surface area contributed by atoms with E-state index in [1.807, 2.05) is 43.3 Å². The smallest absolute Gasteiger partial charge is 0.412 e. The molecule has 1 N–H and O–H groups in total. The maximum absolute atomic E-state index is 14.1. The first kappa shape index (κ1) is 23.2. The van der Waals surface area contributed by atoms with Crippen molar-refractivity contribution < 1.29 is 23.1 Å². The summed E-state index contributed by atoms with van der Waals surface area (Å²) >= 11 is 0. The van der Waals surface area contributed by atoms with Crippen molar-refractivity contribution in [1.29, 1.82) is 0 Å². The van der Waals surface area contributed by atoms with Crippen LogP contribution in [0.15, 0.2) is 66.7 Å². The van der Waals surface area contributed by atoms with Crippen LogP contribution in [0.3, 0.4) is 0 Å². The highest BCUT2D eigenvalue weighted by Crippen LogP contribution is 2.31. The molecular weight excluding hydrogens is 440 g/mol. The number of nitrogens with zero attached hydrogens (tertiary/aromatic N) is 2. The second-order valence-electron chi connectivity index (χ2n) is 8.15. The van der Waals surface area contributed by atoms with Crippen molar-refractivity contribution in [2.75, 3.05) is 23.3 Å². The van der Waals surface area contributed by atoms with Gasteiger partial charge in [-0.15, -0.1) is 0 Å². The average Bonchev–Trinajstić information content (AvgIpc) is 2.82. The molecule has 0 aliphatic carbocycles. The molecule has 0 saturated carbocycles. The third-order valence-corrected chi connectivity index (χ3v) is 5.57. The Balaban J connectivity index is 1.50. The third kappa shape index (κ3) is 5.51. The quantitative estimate of drug-likeness (QED) is 0.496. The number of halogens is 2. The van der Waals surface area contributed by atoms with Crippen LogP contribution in [0.25, 0.3) is 0 Å². The third-order valence-electron chi connectivity index (χ3n) is 5.57. The molecule has 0 radical (unpaired) electrons. The van der Waals surface area contributed by atoms with Crippen molar-refractivity contribution in [1.82, 2.24) is 4.90 Å². The first-order valence-electron chi connectivity index (χ1n) is 11.0. The zero-order valence-electron chi connectivity index (χ0n) is 18.8. The molecule has 1 fully saturated rings. The number of hydrogen-bond acceptors (Lipinski definition) is 3. The summed E-state index contributed by atoms with van der Waals surface area (Å²) < 4.78 is 33.1. The number of carbonyl (C=O) groups excluding carboxylic acids is 2. The number of benzene rings is 3. The van der Waals surface area contributed by atoms with Crippen LogP contribution in [0.4, 0.5) is 29.7 Å². The van der Waals surface area contributed by atoms with E-state index < -0.39 is 17.7 Å². The molecular formula is C26H25F2N3O3. The SMILES string of the molecule is Cc1ccc(N2CCCN(Cc3cc(F)ccc3F)C2=O)c(NC(=O)OCc2ccccc2)c1. The lowest BCUT2D eigenvalue weighted by molar-refractivity contribution is 0.155. The summed E-state index contributed by atoms with van der Waals surface area (Å²) in [5.74, 6) is -1.12. The van der Waals surface area contributed by atoms with Gasteiger partial charge in [0.15, 0.2) is 0 Å². The van der Waals surface area contributed by atoms with E-state index in [9.17, 15) is 18.4 Å². The molecule has 3 amide bonds. The van der Waals surface area contributed by atoms with Crippen molar-refractivity contribution in [3.8, 4) is 0 Å². The first-order chi connectivity index (χ1) is 16.4. The average molecular weight is 466 g/mol. The molecule has 3 aromatic rings. The zero-order chi connectivity index (χ0) is 24.1. The van der Waals surface area contributed by atoms with E-state index in [0.29, 0.717) is 30.9 Å². The number of hydrogen-bond donors (Lipinski definition) is 1. The molecule has 4 rings (SSSR count). The van der Waals surface area contributed by atoms with E-state index >= 15 is 0 Å². The van der Waals surface area contributed by atoms with Crippen LogP contribution < -0.4 is 10.2 Å². The van der Waals surface area contributed by atoms with Gasteiger partial charge < -0.3 is 9.64 Å². The van der Waals surface area contributed by atoms with Crippen molar-refractivity contribution in [2.24, 2.45) is 0 Å². The van der Waals surface area contributed by atoms with Gasteiger partial charge in [0.05, 0.1) is 17.9 Å². The molecule has 34 heavy (non-hydrogen) atoms. The number of amides is 3. The summed E-state index contributed by atoms with van der Waals surface area (Å²) in [5, 5.41) is 2.74. The van der Waals surface area contributed by atoms with Crippen LogP contribution in [0.1, 0.15) is 23.1 Å². The summed E-state index contributed by atoms with van der Waals surface area (Å²) in [7, 11) is 0. The summed E-state index contributed by atoms with van der Waals surface area (Å²) in [6.07, 6.45) is -0.00658. The number of ether oxygens (including phenoxy) is 1. The van der Waals surface area contributed by atoms with Gasteiger partial charge in [0, 0.05) is 18.7 Å². The number of nitrogens with one attached hydrogen (secondary N) is 1. The fraction of sp³-hybridized carbons (Fsp3) is 0.231. The van der Waals surface area contributed by atoms with Gasteiger partial charge in [-0.3, -0.25) is 10.2 Å².